The first-order valence-electron chi connectivity index (χ1n) is 15.5. The minimum absolute atomic E-state index is 0.370. The predicted molar refractivity (Wildman–Crippen MR) is 177 cm³/mol. The molecule has 0 amide bonds. The Bertz CT molecular complexity index is 1310. The summed E-state index contributed by atoms with van der Waals surface area (Å²) >= 11 is 3.08. The average molecular weight is 613 g/mol. The highest BCUT2D eigenvalue weighted by Gasteiger charge is 2.20. The van der Waals surface area contributed by atoms with Crippen molar-refractivity contribution in [3.8, 4) is 0 Å². The van der Waals surface area contributed by atoms with E-state index in [4.69, 9.17) is 10.6 Å². The molecule has 4 N–H and O–H groups in total. The number of nitrogens with two attached hydrogens (primary N) is 1. The summed E-state index contributed by atoms with van der Waals surface area (Å²) in [6, 6.07) is 11.9. The number of rotatable bonds is 11. The summed E-state index contributed by atoms with van der Waals surface area (Å²) in [5.74, 6) is 0. The van der Waals surface area contributed by atoms with Crippen molar-refractivity contribution in [1.29, 1.82) is 0 Å². The molecule has 0 spiro atoms. The third-order valence-electron chi connectivity index (χ3n) is 8.04. The Morgan fingerprint density at radius 2 is 1.43 bits per heavy atom. The quantitative estimate of drug-likeness (QED) is 0.0642. The number of nitrogens with one attached hydrogen (secondary N) is 1. The van der Waals surface area contributed by atoms with Gasteiger partial charge in [0.05, 0.1) is 30.1 Å². The lowest BCUT2D eigenvalue weighted by atomic mass is 9.98. The second-order valence-electron chi connectivity index (χ2n) is 11.2. The van der Waals surface area contributed by atoms with Gasteiger partial charge in [-0.1, -0.05) is 44.6 Å². The molecule has 42 heavy (non-hydrogen) atoms. The van der Waals surface area contributed by atoms with E-state index in [1.165, 1.54) is 68.0 Å². The molecule has 5 rings (SSSR count). The number of fused-ring (bicyclic) bond motifs is 2. The SMILES string of the molecule is NCCCONc1c2ccc(SN3CCCCCCC3)cc2c(N=O)c2cc(N(O)SN3CCCCCCC3)ccc12. The van der Waals surface area contributed by atoms with Crippen molar-refractivity contribution in [2.24, 2.45) is 10.9 Å². The van der Waals surface area contributed by atoms with Crippen LogP contribution in [0.3, 0.4) is 0 Å². The standard InChI is InChI=1S/C31H44N6O3S2/c32-16-11-21-40-34-31-26-14-12-24(37(39)42-36-19-9-5-2-6-10-20-36)22-28(26)30(33-38)29-23-25(13-15-27(29)31)41-35-17-7-3-1-4-8-18-35/h12-15,22-23,34,39H,1-11,16-21,32H2. The van der Waals surface area contributed by atoms with Gasteiger partial charge < -0.3 is 5.73 Å². The van der Waals surface area contributed by atoms with Crippen molar-refractivity contribution in [2.75, 3.05) is 49.3 Å². The summed E-state index contributed by atoms with van der Waals surface area (Å²) in [5.41, 5.74) is 10.6. The Balaban J connectivity index is 1.50. The van der Waals surface area contributed by atoms with E-state index >= 15 is 0 Å². The van der Waals surface area contributed by atoms with Crippen molar-refractivity contribution in [2.45, 2.75) is 75.5 Å². The normalized spacial score (nSPS) is 17.9. The van der Waals surface area contributed by atoms with Gasteiger partial charge in [-0.25, -0.2) is 8.61 Å². The second-order valence-corrected chi connectivity index (χ2v) is 13.4. The van der Waals surface area contributed by atoms with E-state index < -0.39 is 0 Å². The lowest BCUT2D eigenvalue weighted by molar-refractivity contribution is 0.193. The Hall–Kier alpha value is -2.12. The highest BCUT2D eigenvalue weighted by molar-refractivity contribution is 7.98. The van der Waals surface area contributed by atoms with Crippen LogP contribution >= 0.6 is 24.1 Å². The largest absolute Gasteiger partial charge is 0.330 e. The lowest BCUT2D eigenvalue weighted by Gasteiger charge is -2.27. The highest BCUT2D eigenvalue weighted by atomic mass is 32.2. The summed E-state index contributed by atoms with van der Waals surface area (Å²) in [7, 11) is 0. The average Bonchev–Trinajstić information content (AvgIpc) is 2.97. The maximum atomic E-state index is 12.5. The molecule has 2 saturated heterocycles. The molecule has 11 heteroatoms. The Labute approximate surface area is 257 Å². The van der Waals surface area contributed by atoms with Crippen LogP contribution in [0.1, 0.15) is 70.6 Å². The van der Waals surface area contributed by atoms with Crippen LogP contribution in [0.2, 0.25) is 0 Å². The molecule has 0 unspecified atom stereocenters. The zero-order valence-electron chi connectivity index (χ0n) is 24.4. The molecule has 0 radical (unpaired) electrons. The summed E-state index contributed by atoms with van der Waals surface area (Å²) in [5, 5.41) is 17.8. The summed E-state index contributed by atoms with van der Waals surface area (Å²) in [6.07, 6.45) is 13.0. The molecule has 2 fully saturated rings. The molecule has 0 atom stereocenters. The van der Waals surface area contributed by atoms with E-state index in [0.29, 0.717) is 29.9 Å². The number of anilines is 2. The maximum Gasteiger partial charge on any atom is 0.123 e. The molecule has 2 aliphatic heterocycles. The fourth-order valence-corrected chi connectivity index (χ4v) is 7.64. The van der Waals surface area contributed by atoms with Crippen LogP contribution in [0.15, 0.2) is 46.5 Å². The van der Waals surface area contributed by atoms with Crippen molar-refractivity contribution < 1.29 is 10.0 Å². The third-order valence-corrected chi connectivity index (χ3v) is 10.1. The van der Waals surface area contributed by atoms with Gasteiger partial charge in [0.25, 0.3) is 0 Å². The van der Waals surface area contributed by atoms with Gasteiger partial charge in [-0.2, -0.15) is 4.47 Å². The van der Waals surface area contributed by atoms with Crippen LogP contribution in [-0.4, -0.2) is 53.1 Å². The van der Waals surface area contributed by atoms with E-state index in [-0.39, 0.29) is 0 Å². The summed E-state index contributed by atoms with van der Waals surface area (Å²) < 4.78 is 5.86. The first-order valence-corrected chi connectivity index (χ1v) is 17.0. The second kappa shape index (κ2) is 16.1. The Morgan fingerprint density at radius 1 is 0.833 bits per heavy atom. The van der Waals surface area contributed by atoms with Gasteiger partial charge in [0.2, 0.25) is 0 Å². The first kappa shape index (κ1) is 31.3. The Kier molecular flexibility index (Phi) is 12.0. The van der Waals surface area contributed by atoms with Crippen LogP contribution in [-0.2, 0) is 4.84 Å². The van der Waals surface area contributed by atoms with Crippen LogP contribution in [0.5, 0.6) is 0 Å². The zero-order valence-corrected chi connectivity index (χ0v) is 26.1. The molecule has 0 aliphatic carbocycles. The molecular weight excluding hydrogens is 569 g/mol. The lowest BCUT2D eigenvalue weighted by Crippen LogP contribution is -2.26. The molecule has 2 aliphatic rings. The fraction of sp³-hybridized carbons (Fsp3) is 0.548. The van der Waals surface area contributed by atoms with Crippen molar-refractivity contribution in [1.82, 2.24) is 8.61 Å². The van der Waals surface area contributed by atoms with Crippen molar-refractivity contribution in [3.63, 3.8) is 0 Å². The van der Waals surface area contributed by atoms with Gasteiger partial charge in [0.1, 0.15) is 5.69 Å². The smallest absolute Gasteiger partial charge is 0.123 e. The van der Waals surface area contributed by atoms with Crippen LogP contribution in [0.4, 0.5) is 17.1 Å². The third kappa shape index (κ3) is 8.07. The molecule has 0 aromatic heterocycles. The first-order chi connectivity index (χ1) is 20.7. The Morgan fingerprint density at radius 3 is 2.07 bits per heavy atom. The van der Waals surface area contributed by atoms with Crippen molar-refractivity contribution in [3.05, 3.63) is 41.3 Å². The van der Waals surface area contributed by atoms with Gasteiger partial charge in [-0.3, -0.25) is 15.5 Å². The van der Waals surface area contributed by atoms with Gasteiger partial charge in [0, 0.05) is 52.6 Å². The molecular formula is C31H44N6O3S2. The van der Waals surface area contributed by atoms with Gasteiger partial charge in [-0.15, -0.1) is 4.91 Å². The summed E-state index contributed by atoms with van der Waals surface area (Å²) in [4.78, 5) is 19.4. The number of hydrogen-bond acceptors (Lipinski definition) is 11. The number of nitrogens with zero attached hydrogens (tertiary/aromatic N) is 4. The van der Waals surface area contributed by atoms with Crippen LogP contribution in [0.25, 0.3) is 21.5 Å². The van der Waals surface area contributed by atoms with Crippen LogP contribution < -0.4 is 15.7 Å². The number of hydrogen-bond donors (Lipinski definition) is 3. The topological polar surface area (TPSA) is 107 Å². The zero-order chi connectivity index (χ0) is 29.1. The van der Waals surface area contributed by atoms with E-state index in [1.807, 2.05) is 18.2 Å². The number of nitroso groups, excluding NO2 is 1. The van der Waals surface area contributed by atoms with Crippen molar-refractivity contribution >= 4 is 62.7 Å². The fourth-order valence-electron chi connectivity index (χ4n) is 5.75. The highest BCUT2D eigenvalue weighted by Crippen LogP contribution is 2.44. The molecule has 228 valence electrons. The van der Waals surface area contributed by atoms with E-state index in [2.05, 4.69) is 37.5 Å². The molecule has 0 saturated carbocycles. The minimum atomic E-state index is 0.370. The molecule has 3 aromatic rings. The van der Waals surface area contributed by atoms with Crippen LogP contribution in [0, 0.1) is 4.91 Å². The van der Waals surface area contributed by atoms with E-state index in [1.54, 1.807) is 11.9 Å². The van der Waals surface area contributed by atoms with Gasteiger partial charge in [-0.05, 0) is 86.1 Å². The van der Waals surface area contributed by atoms with E-state index in [9.17, 15) is 10.1 Å². The maximum absolute atomic E-state index is 12.5. The molecule has 3 aromatic carbocycles. The number of benzene rings is 3. The molecule has 2 heterocycles. The van der Waals surface area contributed by atoms with Gasteiger partial charge >= 0.3 is 0 Å². The predicted octanol–water partition coefficient (Wildman–Crippen LogP) is 8.38. The molecule has 0 bridgehead atoms. The monoisotopic (exact) mass is 612 g/mol. The molecule has 9 nitrogen and oxygen atoms in total. The minimum Gasteiger partial charge on any atom is -0.330 e. The summed E-state index contributed by atoms with van der Waals surface area (Å²) in [6.45, 7) is 5.00. The van der Waals surface area contributed by atoms with Gasteiger partial charge in [0.15, 0.2) is 0 Å². The van der Waals surface area contributed by atoms with E-state index in [0.717, 1.165) is 72.2 Å².